The van der Waals surface area contributed by atoms with Crippen molar-refractivity contribution in [2.45, 2.75) is 9.92 Å². The van der Waals surface area contributed by atoms with E-state index in [9.17, 15) is 4.39 Å². The van der Waals surface area contributed by atoms with Crippen LogP contribution in [0.5, 0.6) is 0 Å². The fraction of sp³-hybridized carbons (Fsp3) is 0. The minimum Gasteiger partial charge on any atom is -0.245 e. The standard InChI is InChI=1S/C11H6Br2FNS/c12-7-5-9(14)11(15-6-7)16-10-4-2-1-3-8(10)13/h1-6H. The summed E-state index contributed by atoms with van der Waals surface area (Å²) in [4.78, 5) is 4.98. The molecule has 0 unspecified atom stereocenters. The quantitative estimate of drug-likeness (QED) is 0.753. The first-order valence-electron chi connectivity index (χ1n) is 4.40. The molecule has 0 saturated heterocycles. The van der Waals surface area contributed by atoms with Gasteiger partial charge in [0.15, 0.2) is 5.82 Å². The van der Waals surface area contributed by atoms with Crippen LogP contribution in [0.4, 0.5) is 4.39 Å². The van der Waals surface area contributed by atoms with Crippen LogP contribution >= 0.6 is 43.6 Å². The lowest BCUT2D eigenvalue weighted by molar-refractivity contribution is 0.586. The molecule has 0 saturated carbocycles. The molecule has 0 radical (unpaired) electrons. The molecule has 1 nitrogen and oxygen atoms in total. The van der Waals surface area contributed by atoms with E-state index >= 15 is 0 Å². The molecule has 0 atom stereocenters. The van der Waals surface area contributed by atoms with Crippen LogP contribution in [-0.4, -0.2) is 4.98 Å². The Hall–Kier alpha value is -0.390. The zero-order valence-corrected chi connectivity index (χ0v) is 11.9. The Morgan fingerprint density at radius 2 is 1.94 bits per heavy atom. The van der Waals surface area contributed by atoms with Crippen molar-refractivity contribution in [2.75, 3.05) is 0 Å². The molecule has 5 heteroatoms. The molecule has 2 rings (SSSR count). The molecule has 0 fully saturated rings. The largest absolute Gasteiger partial charge is 0.245 e. The van der Waals surface area contributed by atoms with E-state index in [1.807, 2.05) is 24.3 Å². The lowest BCUT2D eigenvalue weighted by Gasteiger charge is -2.04. The van der Waals surface area contributed by atoms with Crippen LogP contribution in [0.25, 0.3) is 0 Å². The van der Waals surface area contributed by atoms with Gasteiger partial charge in [-0.25, -0.2) is 9.37 Å². The minimum absolute atomic E-state index is 0.324. The minimum atomic E-state index is -0.324. The van der Waals surface area contributed by atoms with Gasteiger partial charge in [-0.15, -0.1) is 0 Å². The van der Waals surface area contributed by atoms with Crippen molar-refractivity contribution in [1.82, 2.24) is 4.98 Å². The number of hydrogen-bond acceptors (Lipinski definition) is 2. The summed E-state index contributed by atoms with van der Waals surface area (Å²) in [5, 5.41) is 0.370. The topological polar surface area (TPSA) is 12.9 Å². The monoisotopic (exact) mass is 361 g/mol. The Kier molecular flexibility index (Phi) is 4.00. The second kappa shape index (κ2) is 5.29. The smallest absolute Gasteiger partial charge is 0.156 e. The van der Waals surface area contributed by atoms with Crippen LogP contribution in [0.2, 0.25) is 0 Å². The van der Waals surface area contributed by atoms with Gasteiger partial charge in [0.2, 0.25) is 0 Å². The summed E-state index contributed by atoms with van der Waals surface area (Å²) in [7, 11) is 0. The predicted octanol–water partition coefficient (Wildman–Crippen LogP) is 4.90. The molecule has 0 N–H and O–H groups in total. The fourth-order valence-corrected chi connectivity index (χ4v) is 2.72. The van der Waals surface area contributed by atoms with E-state index in [0.29, 0.717) is 9.50 Å². The lowest BCUT2D eigenvalue weighted by Crippen LogP contribution is -1.86. The highest BCUT2D eigenvalue weighted by atomic mass is 79.9. The van der Waals surface area contributed by atoms with Crippen molar-refractivity contribution >= 4 is 43.6 Å². The maximum absolute atomic E-state index is 13.5. The Morgan fingerprint density at radius 1 is 1.19 bits per heavy atom. The Labute approximate surface area is 114 Å². The van der Waals surface area contributed by atoms with Crippen molar-refractivity contribution in [3.05, 3.63) is 51.3 Å². The van der Waals surface area contributed by atoms with E-state index in [0.717, 1.165) is 9.37 Å². The normalized spacial score (nSPS) is 10.4. The van der Waals surface area contributed by atoms with Gasteiger partial charge in [-0.3, -0.25) is 0 Å². The van der Waals surface area contributed by atoms with Gasteiger partial charge in [-0.05, 0) is 50.1 Å². The van der Waals surface area contributed by atoms with Crippen LogP contribution in [0.3, 0.4) is 0 Å². The summed E-state index contributed by atoms with van der Waals surface area (Å²) in [6.07, 6.45) is 1.59. The van der Waals surface area contributed by atoms with Crippen molar-refractivity contribution in [1.29, 1.82) is 0 Å². The van der Waals surface area contributed by atoms with Gasteiger partial charge in [-0.2, -0.15) is 0 Å². The Bertz CT molecular complexity index is 519. The highest BCUT2D eigenvalue weighted by Gasteiger charge is 2.08. The molecule has 0 spiro atoms. The summed E-state index contributed by atoms with van der Waals surface area (Å²) in [5.74, 6) is -0.324. The molecule has 0 aliphatic heterocycles. The number of halogens is 3. The van der Waals surface area contributed by atoms with Crippen molar-refractivity contribution in [3.8, 4) is 0 Å². The summed E-state index contributed by atoms with van der Waals surface area (Å²) in [6, 6.07) is 9.06. The van der Waals surface area contributed by atoms with Crippen LogP contribution in [0.1, 0.15) is 0 Å². The molecule has 1 heterocycles. The van der Waals surface area contributed by atoms with Crippen LogP contribution in [0.15, 0.2) is 55.4 Å². The van der Waals surface area contributed by atoms with E-state index in [-0.39, 0.29) is 5.82 Å². The number of hydrogen-bond donors (Lipinski definition) is 0. The van der Waals surface area contributed by atoms with E-state index in [1.165, 1.54) is 17.8 Å². The number of aromatic nitrogens is 1. The molecule has 0 amide bonds. The van der Waals surface area contributed by atoms with Crippen LogP contribution in [0, 0.1) is 5.82 Å². The predicted molar refractivity (Wildman–Crippen MR) is 70.2 cm³/mol. The Morgan fingerprint density at radius 3 is 2.62 bits per heavy atom. The molecule has 82 valence electrons. The highest BCUT2D eigenvalue weighted by Crippen LogP contribution is 2.33. The molecule has 16 heavy (non-hydrogen) atoms. The van der Waals surface area contributed by atoms with Crippen molar-refractivity contribution in [3.63, 3.8) is 0 Å². The third kappa shape index (κ3) is 2.84. The van der Waals surface area contributed by atoms with Gasteiger partial charge < -0.3 is 0 Å². The van der Waals surface area contributed by atoms with Gasteiger partial charge in [-0.1, -0.05) is 23.9 Å². The van der Waals surface area contributed by atoms with Gasteiger partial charge in [0, 0.05) is 20.0 Å². The first-order chi connectivity index (χ1) is 7.66. The van der Waals surface area contributed by atoms with Crippen LogP contribution < -0.4 is 0 Å². The highest BCUT2D eigenvalue weighted by molar-refractivity contribution is 9.10. The van der Waals surface area contributed by atoms with Crippen molar-refractivity contribution in [2.24, 2.45) is 0 Å². The van der Waals surface area contributed by atoms with E-state index < -0.39 is 0 Å². The van der Waals surface area contributed by atoms with Gasteiger partial charge in [0.25, 0.3) is 0 Å². The third-order valence-electron chi connectivity index (χ3n) is 1.82. The maximum atomic E-state index is 13.5. The molecular weight excluding hydrogens is 357 g/mol. The third-order valence-corrected chi connectivity index (χ3v) is 4.27. The molecule has 1 aromatic carbocycles. The van der Waals surface area contributed by atoms with Gasteiger partial charge in [0.1, 0.15) is 5.03 Å². The van der Waals surface area contributed by atoms with Gasteiger partial charge in [0.05, 0.1) is 0 Å². The van der Waals surface area contributed by atoms with Crippen molar-refractivity contribution < 1.29 is 4.39 Å². The van der Waals surface area contributed by atoms with E-state index in [2.05, 4.69) is 36.8 Å². The van der Waals surface area contributed by atoms with Crippen LogP contribution in [-0.2, 0) is 0 Å². The molecule has 1 aromatic heterocycles. The number of benzene rings is 1. The molecule has 0 aliphatic carbocycles. The summed E-state index contributed by atoms with van der Waals surface area (Å²) in [6.45, 7) is 0. The zero-order chi connectivity index (χ0) is 11.5. The zero-order valence-electron chi connectivity index (χ0n) is 7.95. The lowest BCUT2D eigenvalue weighted by atomic mass is 10.4. The molecular formula is C11H6Br2FNS. The Balaban J connectivity index is 2.31. The number of rotatable bonds is 2. The second-order valence-corrected chi connectivity index (χ2v) is 5.77. The summed E-state index contributed by atoms with van der Waals surface area (Å²) >= 11 is 7.88. The number of nitrogens with zero attached hydrogens (tertiary/aromatic N) is 1. The summed E-state index contributed by atoms with van der Waals surface area (Å²) < 4.78 is 15.1. The number of pyridine rings is 1. The summed E-state index contributed by atoms with van der Waals surface area (Å²) in [5.41, 5.74) is 0. The first kappa shape index (κ1) is 12.1. The SMILES string of the molecule is Fc1cc(Br)cnc1Sc1ccccc1Br. The second-order valence-electron chi connectivity index (χ2n) is 2.97. The fourth-order valence-electron chi connectivity index (χ4n) is 1.11. The van der Waals surface area contributed by atoms with Gasteiger partial charge >= 0.3 is 0 Å². The average molecular weight is 363 g/mol. The average Bonchev–Trinajstić information content (AvgIpc) is 2.25. The van der Waals surface area contributed by atoms with E-state index in [1.54, 1.807) is 6.20 Å². The first-order valence-corrected chi connectivity index (χ1v) is 6.80. The van der Waals surface area contributed by atoms with E-state index in [4.69, 9.17) is 0 Å². The molecule has 2 aromatic rings. The molecule has 0 bridgehead atoms. The molecule has 0 aliphatic rings. The maximum Gasteiger partial charge on any atom is 0.156 e.